The van der Waals surface area contributed by atoms with Crippen LogP contribution in [0.5, 0.6) is 0 Å². The highest BCUT2D eigenvalue weighted by molar-refractivity contribution is 6.36. The molecule has 3 heteroatoms. The highest BCUT2D eigenvalue weighted by Crippen LogP contribution is 2.28. The van der Waals surface area contributed by atoms with Crippen LogP contribution in [0.3, 0.4) is 0 Å². The van der Waals surface area contributed by atoms with E-state index >= 15 is 0 Å². The largest absolute Gasteiger partial charge is 0.294 e. The highest BCUT2D eigenvalue weighted by atomic mass is 35.5. The summed E-state index contributed by atoms with van der Waals surface area (Å²) in [5.74, 6) is 0.442. The van der Waals surface area contributed by atoms with Crippen molar-refractivity contribution in [2.75, 3.05) is 0 Å². The van der Waals surface area contributed by atoms with Crippen LogP contribution in [0, 0.1) is 11.3 Å². The summed E-state index contributed by atoms with van der Waals surface area (Å²) in [6.07, 6.45) is 1.54. The average molecular weight is 287 g/mol. The predicted octanol–water partition coefficient (Wildman–Crippen LogP) is 5.64. The smallest absolute Gasteiger partial charge is 0.164 e. The number of Topliss-reactive ketones (excluding diaryl/α,β-unsaturated/α-hetero) is 1. The van der Waals surface area contributed by atoms with E-state index in [0.29, 0.717) is 27.9 Å². The summed E-state index contributed by atoms with van der Waals surface area (Å²) in [7, 11) is 0. The molecular formula is C15H20Cl2O. The second-order valence-electron chi connectivity index (χ2n) is 6.12. The molecule has 1 atom stereocenters. The molecule has 0 saturated heterocycles. The van der Waals surface area contributed by atoms with Crippen molar-refractivity contribution in [1.82, 2.24) is 0 Å². The van der Waals surface area contributed by atoms with Gasteiger partial charge in [-0.15, -0.1) is 0 Å². The lowest BCUT2D eigenvalue weighted by Gasteiger charge is -2.22. The van der Waals surface area contributed by atoms with Gasteiger partial charge in [0.1, 0.15) is 0 Å². The first-order chi connectivity index (χ1) is 8.19. The van der Waals surface area contributed by atoms with E-state index in [1.54, 1.807) is 18.2 Å². The Balaban J connectivity index is 2.71. The van der Waals surface area contributed by atoms with Crippen molar-refractivity contribution in [3.63, 3.8) is 0 Å². The van der Waals surface area contributed by atoms with Crippen molar-refractivity contribution in [3.8, 4) is 0 Å². The van der Waals surface area contributed by atoms with E-state index in [9.17, 15) is 4.79 Å². The van der Waals surface area contributed by atoms with E-state index in [1.807, 2.05) is 0 Å². The Morgan fingerprint density at radius 3 is 2.39 bits per heavy atom. The Labute approximate surface area is 119 Å². The maximum Gasteiger partial charge on any atom is 0.164 e. The molecule has 0 spiro atoms. The van der Waals surface area contributed by atoms with E-state index in [2.05, 4.69) is 27.7 Å². The standard InChI is InChI=1S/C15H20Cl2O/c1-10(9-15(2,3)4)7-14(18)12-6-5-11(16)8-13(12)17/h5-6,8,10H,7,9H2,1-4H3. The second-order valence-corrected chi connectivity index (χ2v) is 6.97. The van der Waals surface area contributed by atoms with Gasteiger partial charge >= 0.3 is 0 Å². The van der Waals surface area contributed by atoms with Crippen LogP contribution in [0.2, 0.25) is 10.0 Å². The summed E-state index contributed by atoms with van der Waals surface area (Å²) in [6.45, 7) is 8.66. The van der Waals surface area contributed by atoms with Crippen molar-refractivity contribution in [2.24, 2.45) is 11.3 Å². The molecule has 1 aromatic carbocycles. The molecule has 0 amide bonds. The molecule has 0 bridgehead atoms. The van der Waals surface area contributed by atoms with Gasteiger partial charge in [-0.2, -0.15) is 0 Å². The van der Waals surface area contributed by atoms with Crippen molar-refractivity contribution in [3.05, 3.63) is 33.8 Å². The van der Waals surface area contributed by atoms with E-state index in [4.69, 9.17) is 23.2 Å². The Bertz CT molecular complexity index is 433. The Hall–Kier alpha value is -0.530. The van der Waals surface area contributed by atoms with Crippen molar-refractivity contribution in [2.45, 2.75) is 40.5 Å². The number of benzene rings is 1. The molecule has 1 aromatic rings. The average Bonchev–Trinajstić information content (AvgIpc) is 2.13. The van der Waals surface area contributed by atoms with Gasteiger partial charge in [-0.3, -0.25) is 4.79 Å². The first kappa shape index (κ1) is 15.5. The summed E-state index contributed by atoms with van der Waals surface area (Å²) < 4.78 is 0. The number of halogens is 2. The third-order valence-corrected chi connectivity index (χ3v) is 3.27. The third kappa shape index (κ3) is 4.99. The molecule has 0 aliphatic heterocycles. The maximum absolute atomic E-state index is 12.1. The molecule has 1 unspecified atom stereocenters. The summed E-state index contributed by atoms with van der Waals surface area (Å²) in [4.78, 5) is 12.1. The van der Waals surface area contributed by atoms with Gasteiger partial charge in [0.05, 0.1) is 5.02 Å². The minimum absolute atomic E-state index is 0.0911. The normalized spacial score (nSPS) is 13.4. The van der Waals surface area contributed by atoms with Gasteiger partial charge < -0.3 is 0 Å². The number of rotatable bonds is 4. The van der Waals surface area contributed by atoms with Gasteiger partial charge in [-0.25, -0.2) is 0 Å². The Morgan fingerprint density at radius 2 is 1.89 bits per heavy atom. The van der Waals surface area contributed by atoms with Gasteiger partial charge in [0, 0.05) is 17.0 Å². The van der Waals surface area contributed by atoms with Crippen molar-refractivity contribution in [1.29, 1.82) is 0 Å². The summed E-state index contributed by atoms with van der Waals surface area (Å²) in [5.41, 5.74) is 0.811. The molecule has 0 N–H and O–H groups in total. The zero-order chi connectivity index (χ0) is 13.9. The van der Waals surface area contributed by atoms with Gasteiger partial charge in [0.15, 0.2) is 5.78 Å². The monoisotopic (exact) mass is 286 g/mol. The highest BCUT2D eigenvalue weighted by Gasteiger charge is 2.19. The summed E-state index contributed by atoms with van der Waals surface area (Å²) in [6, 6.07) is 5.02. The van der Waals surface area contributed by atoms with Crippen LogP contribution in [-0.2, 0) is 0 Å². The van der Waals surface area contributed by atoms with E-state index < -0.39 is 0 Å². The summed E-state index contributed by atoms with van der Waals surface area (Å²) in [5, 5.41) is 0.995. The Kier molecular flexibility index (Phi) is 5.24. The van der Waals surface area contributed by atoms with E-state index in [0.717, 1.165) is 6.42 Å². The minimum atomic E-state index is 0.0911. The molecule has 0 aromatic heterocycles. The molecule has 1 rings (SSSR count). The van der Waals surface area contributed by atoms with Crippen LogP contribution < -0.4 is 0 Å². The van der Waals surface area contributed by atoms with Crippen LogP contribution in [0.1, 0.15) is 50.9 Å². The van der Waals surface area contributed by atoms with E-state index in [1.165, 1.54) is 0 Å². The fourth-order valence-electron chi connectivity index (χ4n) is 2.26. The van der Waals surface area contributed by atoms with Crippen molar-refractivity contribution >= 4 is 29.0 Å². The lowest BCUT2D eigenvalue weighted by molar-refractivity contribution is 0.0954. The zero-order valence-electron chi connectivity index (χ0n) is 11.4. The molecule has 18 heavy (non-hydrogen) atoms. The lowest BCUT2D eigenvalue weighted by atomic mass is 9.83. The number of hydrogen-bond donors (Lipinski definition) is 0. The Morgan fingerprint density at radius 1 is 1.28 bits per heavy atom. The molecule has 0 radical (unpaired) electrons. The quantitative estimate of drug-likeness (QED) is 0.655. The molecule has 1 nitrogen and oxygen atoms in total. The predicted molar refractivity (Wildman–Crippen MR) is 78.6 cm³/mol. The van der Waals surface area contributed by atoms with Gasteiger partial charge in [-0.05, 0) is 36.0 Å². The topological polar surface area (TPSA) is 17.1 Å². The third-order valence-electron chi connectivity index (χ3n) is 2.73. The fourth-order valence-corrected chi connectivity index (χ4v) is 2.77. The van der Waals surface area contributed by atoms with Crippen molar-refractivity contribution < 1.29 is 4.79 Å². The van der Waals surface area contributed by atoms with Crippen LogP contribution in [0.25, 0.3) is 0 Å². The molecule has 100 valence electrons. The fraction of sp³-hybridized carbons (Fsp3) is 0.533. The number of carbonyl (C=O) groups excluding carboxylic acids is 1. The number of ketones is 1. The van der Waals surface area contributed by atoms with Crippen LogP contribution >= 0.6 is 23.2 Å². The molecule has 0 fully saturated rings. The number of carbonyl (C=O) groups is 1. The zero-order valence-corrected chi connectivity index (χ0v) is 12.9. The minimum Gasteiger partial charge on any atom is -0.294 e. The van der Waals surface area contributed by atoms with Gasteiger partial charge in [-0.1, -0.05) is 50.9 Å². The first-order valence-corrected chi connectivity index (χ1v) is 6.93. The first-order valence-electron chi connectivity index (χ1n) is 6.17. The van der Waals surface area contributed by atoms with Crippen LogP contribution in [-0.4, -0.2) is 5.78 Å². The molecule has 0 aliphatic rings. The molecule has 0 aliphatic carbocycles. The summed E-state index contributed by atoms with van der Waals surface area (Å²) >= 11 is 11.9. The lowest BCUT2D eigenvalue weighted by Crippen LogP contribution is -2.14. The van der Waals surface area contributed by atoms with E-state index in [-0.39, 0.29) is 11.2 Å². The SMILES string of the molecule is CC(CC(=O)c1ccc(Cl)cc1Cl)CC(C)(C)C. The number of hydrogen-bond acceptors (Lipinski definition) is 1. The maximum atomic E-state index is 12.1. The molecule has 0 saturated carbocycles. The van der Waals surface area contributed by atoms with Gasteiger partial charge in [0.2, 0.25) is 0 Å². The second kappa shape index (κ2) is 6.08. The molecule has 0 heterocycles. The van der Waals surface area contributed by atoms with Gasteiger partial charge in [0.25, 0.3) is 0 Å². The van der Waals surface area contributed by atoms with Crippen LogP contribution in [0.15, 0.2) is 18.2 Å². The van der Waals surface area contributed by atoms with Crippen LogP contribution in [0.4, 0.5) is 0 Å². The molecular weight excluding hydrogens is 267 g/mol.